The van der Waals surface area contributed by atoms with Gasteiger partial charge in [0, 0.05) is 0 Å². The standard InChI is InChI=1S/C17H17NO5S2/c1-9(2)5-11(16(20)21)18-15(19)14(25-17(18)24)7-10-3-4-12-13(6-10)23-8-22-12/h3-4,6-7,9,11H,5,8H2,1-2H3,(H,20,21)/b14-7-. The Hall–Kier alpha value is -2.06. The zero-order chi connectivity index (χ0) is 18.1. The van der Waals surface area contributed by atoms with E-state index in [1.165, 1.54) is 4.90 Å². The van der Waals surface area contributed by atoms with Gasteiger partial charge in [-0.25, -0.2) is 4.79 Å². The van der Waals surface area contributed by atoms with Crippen LogP contribution in [0.25, 0.3) is 6.08 Å². The van der Waals surface area contributed by atoms with Gasteiger partial charge in [0.2, 0.25) is 6.79 Å². The number of carboxylic acid groups (broad SMARTS) is 1. The van der Waals surface area contributed by atoms with Crippen LogP contribution in [0.2, 0.25) is 0 Å². The van der Waals surface area contributed by atoms with Crippen LogP contribution in [0.4, 0.5) is 0 Å². The predicted octanol–water partition coefficient (Wildman–Crippen LogP) is 3.12. The molecule has 1 atom stereocenters. The number of thiocarbonyl (C=S) groups is 1. The van der Waals surface area contributed by atoms with Crippen molar-refractivity contribution >= 4 is 46.3 Å². The van der Waals surface area contributed by atoms with Crippen LogP contribution in [-0.2, 0) is 9.59 Å². The number of benzene rings is 1. The van der Waals surface area contributed by atoms with E-state index in [4.69, 9.17) is 21.7 Å². The lowest BCUT2D eigenvalue weighted by molar-refractivity contribution is -0.145. The molecule has 2 aliphatic rings. The van der Waals surface area contributed by atoms with Gasteiger partial charge < -0.3 is 14.6 Å². The van der Waals surface area contributed by atoms with E-state index in [1.807, 2.05) is 19.9 Å². The molecule has 1 fully saturated rings. The van der Waals surface area contributed by atoms with Crippen molar-refractivity contribution in [3.63, 3.8) is 0 Å². The maximum Gasteiger partial charge on any atom is 0.326 e. The lowest BCUT2D eigenvalue weighted by Crippen LogP contribution is -2.44. The minimum Gasteiger partial charge on any atom is -0.480 e. The summed E-state index contributed by atoms with van der Waals surface area (Å²) < 4.78 is 10.9. The van der Waals surface area contributed by atoms with Crippen molar-refractivity contribution in [3.8, 4) is 11.5 Å². The number of fused-ring (bicyclic) bond motifs is 1. The van der Waals surface area contributed by atoms with Crippen molar-refractivity contribution in [2.75, 3.05) is 6.79 Å². The van der Waals surface area contributed by atoms with Gasteiger partial charge in [-0.3, -0.25) is 9.69 Å². The molecule has 0 radical (unpaired) electrons. The second-order valence-electron chi connectivity index (χ2n) is 6.15. The summed E-state index contributed by atoms with van der Waals surface area (Å²) in [6.45, 7) is 4.00. The number of hydrogen-bond donors (Lipinski definition) is 1. The van der Waals surface area contributed by atoms with Crippen LogP contribution in [-0.4, -0.2) is 39.0 Å². The number of carbonyl (C=O) groups is 2. The van der Waals surface area contributed by atoms with Gasteiger partial charge in [-0.2, -0.15) is 0 Å². The number of rotatable bonds is 5. The van der Waals surface area contributed by atoms with E-state index in [1.54, 1.807) is 18.2 Å². The lowest BCUT2D eigenvalue weighted by atomic mass is 10.0. The Kier molecular flexibility index (Phi) is 5.01. The zero-order valence-electron chi connectivity index (χ0n) is 13.7. The van der Waals surface area contributed by atoms with E-state index in [0.29, 0.717) is 22.8 Å². The first-order chi connectivity index (χ1) is 11.9. The summed E-state index contributed by atoms with van der Waals surface area (Å²) in [6.07, 6.45) is 2.04. The Morgan fingerprint density at radius 3 is 2.80 bits per heavy atom. The van der Waals surface area contributed by atoms with Gasteiger partial charge in [0.05, 0.1) is 4.91 Å². The largest absolute Gasteiger partial charge is 0.480 e. The number of aliphatic carboxylic acids is 1. The third-order valence-electron chi connectivity index (χ3n) is 3.81. The zero-order valence-corrected chi connectivity index (χ0v) is 15.4. The fourth-order valence-corrected chi connectivity index (χ4v) is 4.02. The Morgan fingerprint density at radius 1 is 1.40 bits per heavy atom. The first-order valence-corrected chi connectivity index (χ1v) is 8.99. The molecule has 1 N–H and O–H groups in total. The SMILES string of the molecule is CC(C)CC(C(=O)O)N1C(=O)/C(=C/c2ccc3c(c2)OCO3)SC1=S. The first kappa shape index (κ1) is 17.8. The van der Waals surface area contributed by atoms with E-state index in [9.17, 15) is 14.7 Å². The number of carbonyl (C=O) groups excluding carboxylic acids is 1. The van der Waals surface area contributed by atoms with Gasteiger partial charge in [0.15, 0.2) is 11.5 Å². The summed E-state index contributed by atoms with van der Waals surface area (Å²) in [6, 6.07) is 4.41. The van der Waals surface area contributed by atoms with Gasteiger partial charge in [0.25, 0.3) is 5.91 Å². The van der Waals surface area contributed by atoms with Crippen LogP contribution in [0, 0.1) is 5.92 Å². The molecule has 1 aromatic rings. The molecule has 0 aromatic heterocycles. The van der Waals surface area contributed by atoms with Crippen LogP contribution in [0.3, 0.4) is 0 Å². The average Bonchev–Trinajstić information content (AvgIpc) is 3.10. The Balaban J connectivity index is 1.86. The van der Waals surface area contributed by atoms with E-state index in [0.717, 1.165) is 17.3 Å². The number of carboxylic acids is 1. The molecule has 0 bridgehead atoms. The van der Waals surface area contributed by atoms with E-state index >= 15 is 0 Å². The van der Waals surface area contributed by atoms with E-state index in [-0.39, 0.29) is 22.9 Å². The minimum absolute atomic E-state index is 0.128. The third kappa shape index (κ3) is 3.64. The highest BCUT2D eigenvalue weighted by Crippen LogP contribution is 2.37. The van der Waals surface area contributed by atoms with Crippen molar-refractivity contribution in [2.45, 2.75) is 26.3 Å². The number of ether oxygens (including phenoxy) is 2. The fraction of sp³-hybridized carbons (Fsp3) is 0.353. The summed E-state index contributed by atoms with van der Waals surface area (Å²) in [5.41, 5.74) is 0.764. The van der Waals surface area contributed by atoms with E-state index < -0.39 is 12.0 Å². The summed E-state index contributed by atoms with van der Waals surface area (Å²) in [5.74, 6) is -0.0151. The first-order valence-electron chi connectivity index (χ1n) is 7.76. The molecule has 2 aliphatic heterocycles. The summed E-state index contributed by atoms with van der Waals surface area (Å²) >= 11 is 6.37. The van der Waals surface area contributed by atoms with Crippen LogP contribution in [0.1, 0.15) is 25.8 Å². The van der Waals surface area contributed by atoms with Crippen molar-refractivity contribution in [1.82, 2.24) is 4.90 Å². The van der Waals surface area contributed by atoms with Crippen LogP contribution in [0.15, 0.2) is 23.1 Å². The Morgan fingerprint density at radius 2 is 2.12 bits per heavy atom. The molecule has 0 saturated carbocycles. The second kappa shape index (κ2) is 7.05. The van der Waals surface area contributed by atoms with Crippen LogP contribution in [0.5, 0.6) is 11.5 Å². The molecule has 3 rings (SSSR count). The Labute approximate surface area is 154 Å². The number of hydrogen-bond acceptors (Lipinski definition) is 6. The third-order valence-corrected chi connectivity index (χ3v) is 5.14. The highest BCUT2D eigenvalue weighted by molar-refractivity contribution is 8.26. The van der Waals surface area contributed by atoms with E-state index in [2.05, 4.69) is 0 Å². The molecule has 0 aliphatic carbocycles. The summed E-state index contributed by atoms with van der Waals surface area (Å²) in [7, 11) is 0. The molecule has 0 spiro atoms. The molecule has 25 heavy (non-hydrogen) atoms. The highest BCUT2D eigenvalue weighted by atomic mass is 32.2. The summed E-state index contributed by atoms with van der Waals surface area (Å²) in [5, 5.41) is 9.49. The molecule has 1 unspecified atom stereocenters. The number of thioether (sulfide) groups is 1. The van der Waals surface area contributed by atoms with Crippen molar-refractivity contribution < 1.29 is 24.2 Å². The molecular formula is C17H17NO5S2. The van der Waals surface area contributed by atoms with Crippen LogP contribution >= 0.6 is 24.0 Å². The van der Waals surface area contributed by atoms with Gasteiger partial charge >= 0.3 is 5.97 Å². The summed E-state index contributed by atoms with van der Waals surface area (Å²) in [4.78, 5) is 25.9. The molecule has 8 heteroatoms. The van der Waals surface area contributed by atoms with Gasteiger partial charge in [0.1, 0.15) is 10.4 Å². The van der Waals surface area contributed by atoms with Gasteiger partial charge in [-0.15, -0.1) is 0 Å². The molecule has 1 amide bonds. The van der Waals surface area contributed by atoms with Gasteiger partial charge in [-0.1, -0.05) is 43.9 Å². The molecule has 6 nitrogen and oxygen atoms in total. The monoisotopic (exact) mass is 379 g/mol. The Bertz CT molecular complexity index is 774. The van der Waals surface area contributed by atoms with Crippen molar-refractivity contribution in [2.24, 2.45) is 5.92 Å². The molecule has 1 aromatic carbocycles. The predicted molar refractivity (Wildman–Crippen MR) is 98.5 cm³/mol. The van der Waals surface area contributed by atoms with Crippen molar-refractivity contribution in [1.29, 1.82) is 0 Å². The highest BCUT2D eigenvalue weighted by Gasteiger charge is 2.40. The molecular weight excluding hydrogens is 362 g/mol. The quantitative estimate of drug-likeness (QED) is 0.622. The lowest BCUT2D eigenvalue weighted by Gasteiger charge is -2.24. The average molecular weight is 379 g/mol. The second-order valence-corrected chi connectivity index (χ2v) is 7.82. The molecule has 1 saturated heterocycles. The maximum absolute atomic E-state index is 12.7. The molecule has 132 valence electrons. The van der Waals surface area contributed by atoms with Crippen molar-refractivity contribution in [3.05, 3.63) is 28.7 Å². The smallest absolute Gasteiger partial charge is 0.326 e. The maximum atomic E-state index is 12.7. The number of amides is 1. The van der Waals surface area contributed by atoms with Crippen LogP contribution < -0.4 is 9.47 Å². The van der Waals surface area contributed by atoms with Gasteiger partial charge in [-0.05, 0) is 36.1 Å². The normalized spacial score (nSPS) is 19.2. The topological polar surface area (TPSA) is 76.1 Å². The fourth-order valence-electron chi connectivity index (χ4n) is 2.67. The molecule has 2 heterocycles. The number of nitrogens with zero attached hydrogens (tertiary/aromatic N) is 1. The minimum atomic E-state index is -1.05.